The van der Waals surface area contributed by atoms with Gasteiger partial charge in [-0.25, -0.2) is 0 Å². The van der Waals surface area contributed by atoms with Crippen molar-refractivity contribution < 1.29 is 5.11 Å². The van der Waals surface area contributed by atoms with Crippen LogP contribution in [-0.4, -0.2) is 41.6 Å². The van der Waals surface area contributed by atoms with Crippen LogP contribution in [0, 0.1) is 0 Å². The van der Waals surface area contributed by atoms with Gasteiger partial charge in [0.15, 0.2) is 0 Å². The van der Waals surface area contributed by atoms with Crippen molar-refractivity contribution in [3.05, 3.63) is 0 Å². The van der Waals surface area contributed by atoms with Gasteiger partial charge in [0.05, 0.1) is 6.10 Å². The maximum Gasteiger partial charge on any atom is 0.0695 e. The summed E-state index contributed by atoms with van der Waals surface area (Å²) in [5, 5.41) is 9.68. The summed E-state index contributed by atoms with van der Waals surface area (Å²) >= 11 is 5.64. The van der Waals surface area contributed by atoms with E-state index < -0.39 is 0 Å². The maximum absolute atomic E-state index is 9.68. The first kappa shape index (κ1) is 10.3. The molecule has 1 aliphatic carbocycles. The van der Waals surface area contributed by atoms with Gasteiger partial charge in [0.1, 0.15) is 0 Å². The first-order chi connectivity index (χ1) is 5.75. The lowest BCUT2D eigenvalue weighted by Gasteiger charge is -2.34. The van der Waals surface area contributed by atoms with Crippen LogP contribution >= 0.6 is 11.6 Å². The zero-order chi connectivity index (χ0) is 8.97. The number of nitrogens with zero attached hydrogens (tertiary/aromatic N) is 1. The van der Waals surface area contributed by atoms with Gasteiger partial charge in [-0.3, -0.25) is 4.90 Å². The molecule has 2 atom stereocenters. The summed E-state index contributed by atoms with van der Waals surface area (Å²) in [5.74, 6) is 0.653. The summed E-state index contributed by atoms with van der Waals surface area (Å²) in [4.78, 5) is 2.18. The quantitative estimate of drug-likeness (QED) is 0.683. The molecular weight excluding hydrogens is 174 g/mol. The third-order valence-electron chi connectivity index (χ3n) is 2.70. The molecule has 1 fully saturated rings. The molecule has 0 amide bonds. The van der Waals surface area contributed by atoms with Crippen molar-refractivity contribution in [1.82, 2.24) is 4.90 Å². The molecule has 3 heteroatoms. The lowest BCUT2D eigenvalue weighted by Crippen LogP contribution is -2.44. The molecule has 12 heavy (non-hydrogen) atoms. The van der Waals surface area contributed by atoms with Gasteiger partial charge >= 0.3 is 0 Å². The Morgan fingerprint density at radius 1 is 1.42 bits per heavy atom. The van der Waals surface area contributed by atoms with Gasteiger partial charge in [0.2, 0.25) is 0 Å². The SMILES string of the molecule is CN(CCCl)C1CCCCC1O. The van der Waals surface area contributed by atoms with E-state index in [-0.39, 0.29) is 6.10 Å². The first-order valence-electron chi connectivity index (χ1n) is 4.70. The molecule has 0 bridgehead atoms. The summed E-state index contributed by atoms with van der Waals surface area (Å²) in [6, 6.07) is 0.345. The molecule has 0 aromatic heterocycles. The standard InChI is InChI=1S/C9H18ClNO/c1-11(7-6-10)8-4-2-3-5-9(8)12/h8-9,12H,2-7H2,1H3. The summed E-state index contributed by atoms with van der Waals surface area (Å²) in [6.45, 7) is 0.878. The van der Waals surface area contributed by atoms with Gasteiger partial charge < -0.3 is 5.11 Å². The van der Waals surface area contributed by atoms with Crippen molar-refractivity contribution in [2.24, 2.45) is 0 Å². The molecule has 0 aromatic carbocycles. The van der Waals surface area contributed by atoms with Gasteiger partial charge in [0, 0.05) is 18.5 Å². The number of halogens is 1. The van der Waals surface area contributed by atoms with E-state index in [0.717, 1.165) is 19.4 Å². The van der Waals surface area contributed by atoms with E-state index in [2.05, 4.69) is 4.90 Å². The van der Waals surface area contributed by atoms with E-state index in [1.54, 1.807) is 0 Å². The zero-order valence-electron chi connectivity index (χ0n) is 7.67. The summed E-state index contributed by atoms with van der Waals surface area (Å²) in [6.07, 6.45) is 4.36. The van der Waals surface area contributed by atoms with Gasteiger partial charge in [-0.1, -0.05) is 12.8 Å². The van der Waals surface area contributed by atoms with E-state index in [1.165, 1.54) is 12.8 Å². The van der Waals surface area contributed by atoms with E-state index in [1.807, 2.05) is 7.05 Å². The summed E-state index contributed by atoms with van der Waals surface area (Å²) in [7, 11) is 2.04. The number of hydrogen-bond acceptors (Lipinski definition) is 2. The maximum atomic E-state index is 9.68. The third-order valence-corrected chi connectivity index (χ3v) is 2.87. The van der Waals surface area contributed by atoms with E-state index in [9.17, 15) is 5.11 Å². The lowest BCUT2D eigenvalue weighted by atomic mass is 9.92. The molecule has 1 rings (SSSR count). The predicted molar refractivity (Wildman–Crippen MR) is 51.6 cm³/mol. The summed E-state index contributed by atoms with van der Waals surface area (Å²) < 4.78 is 0. The van der Waals surface area contributed by atoms with Crippen LogP contribution in [0.1, 0.15) is 25.7 Å². The highest BCUT2D eigenvalue weighted by molar-refractivity contribution is 6.18. The Bertz CT molecular complexity index is 132. The molecule has 0 radical (unpaired) electrons. The molecular formula is C9H18ClNO. The third kappa shape index (κ3) is 2.61. The molecule has 0 saturated heterocycles. The minimum atomic E-state index is -0.132. The number of rotatable bonds is 3. The van der Waals surface area contributed by atoms with Gasteiger partial charge in [-0.05, 0) is 19.9 Å². The smallest absolute Gasteiger partial charge is 0.0695 e. The fourth-order valence-electron chi connectivity index (χ4n) is 1.90. The van der Waals surface area contributed by atoms with E-state index in [0.29, 0.717) is 11.9 Å². The van der Waals surface area contributed by atoms with Crippen molar-refractivity contribution in [1.29, 1.82) is 0 Å². The Morgan fingerprint density at radius 3 is 2.67 bits per heavy atom. The van der Waals surface area contributed by atoms with Gasteiger partial charge in [-0.15, -0.1) is 11.6 Å². The Morgan fingerprint density at radius 2 is 2.08 bits per heavy atom. The van der Waals surface area contributed by atoms with E-state index >= 15 is 0 Å². The average molecular weight is 192 g/mol. The highest BCUT2D eigenvalue weighted by atomic mass is 35.5. The Balaban J connectivity index is 2.36. The first-order valence-corrected chi connectivity index (χ1v) is 5.23. The minimum Gasteiger partial charge on any atom is -0.391 e. The average Bonchev–Trinajstić information content (AvgIpc) is 2.05. The number of aliphatic hydroxyl groups excluding tert-OH is 1. The zero-order valence-corrected chi connectivity index (χ0v) is 8.43. The number of aliphatic hydroxyl groups is 1. The van der Waals surface area contributed by atoms with Crippen molar-refractivity contribution in [2.75, 3.05) is 19.5 Å². The van der Waals surface area contributed by atoms with Crippen LogP contribution < -0.4 is 0 Å². The second-order valence-corrected chi connectivity index (χ2v) is 3.97. The largest absolute Gasteiger partial charge is 0.391 e. The van der Waals surface area contributed by atoms with Crippen LogP contribution in [0.2, 0.25) is 0 Å². The molecule has 1 aliphatic rings. The molecule has 0 aromatic rings. The molecule has 0 spiro atoms. The lowest BCUT2D eigenvalue weighted by molar-refractivity contribution is 0.0349. The van der Waals surface area contributed by atoms with Crippen molar-refractivity contribution in [2.45, 2.75) is 37.8 Å². The highest BCUT2D eigenvalue weighted by Gasteiger charge is 2.25. The molecule has 2 nitrogen and oxygen atoms in total. The minimum absolute atomic E-state index is 0.132. The second kappa shape index (κ2) is 5.05. The van der Waals surface area contributed by atoms with Crippen LogP contribution in [-0.2, 0) is 0 Å². The van der Waals surface area contributed by atoms with Crippen molar-refractivity contribution >= 4 is 11.6 Å². The van der Waals surface area contributed by atoms with Crippen molar-refractivity contribution in [3.8, 4) is 0 Å². The normalized spacial score (nSPS) is 31.0. The summed E-state index contributed by atoms with van der Waals surface area (Å²) in [5.41, 5.74) is 0. The Kier molecular flexibility index (Phi) is 4.33. The molecule has 0 heterocycles. The topological polar surface area (TPSA) is 23.5 Å². The van der Waals surface area contributed by atoms with Crippen molar-refractivity contribution in [3.63, 3.8) is 0 Å². The van der Waals surface area contributed by atoms with Crippen LogP contribution in [0.4, 0.5) is 0 Å². The van der Waals surface area contributed by atoms with Gasteiger partial charge in [0.25, 0.3) is 0 Å². The Labute approximate surface area is 79.5 Å². The molecule has 2 unspecified atom stereocenters. The number of alkyl halides is 1. The monoisotopic (exact) mass is 191 g/mol. The van der Waals surface area contributed by atoms with Crippen LogP contribution in [0.3, 0.4) is 0 Å². The molecule has 1 N–H and O–H groups in total. The van der Waals surface area contributed by atoms with Crippen LogP contribution in [0.15, 0.2) is 0 Å². The number of likely N-dealkylation sites (N-methyl/N-ethyl adjacent to an activating group) is 1. The molecule has 72 valence electrons. The van der Waals surface area contributed by atoms with Crippen LogP contribution in [0.5, 0.6) is 0 Å². The van der Waals surface area contributed by atoms with Gasteiger partial charge in [-0.2, -0.15) is 0 Å². The van der Waals surface area contributed by atoms with Crippen LogP contribution in [0.25, 0.3) is 0 Å². The Hall–Kier alpha value is 0.210. The van der Waals surface area contributed by atoms with E-state index in [4.69, 9.17) is 11.6 Å². The fourth-order valence-corrected chi connectivity index (χ4v) is 2.17. The predicted octanol–water partition coefficient (Wildman–Crippen LogP) is 1.46. The highest BCUT2D eigenvalue weighted by Crippen LogP contribution is 2.21. The molecule has 1 saturated carbocycles. The fraction of sp³-hybridized carbons (Fsp3) is 1.00. The second-order valence-electron chi connectivity index (χ2n) is 3.59. The number of hydrogen-bond donors (Lipinski definition) is 1. The molecule has 0 aliphatic heterocycles.